The number of likely N-dealkylation sites (tertiary alicyclic amines) is 1. The van der Waals surface area contributed by atoms with E-state index in [2.05, 4.69) is 25.0 Å². The molecule has 2 aromatic carbocycles. The summed E-state index contributed by atoms with van der Waals surface area (Å²) < 4.78 is 13.7. The van der Waals surface area contributed by atoms with E-state index in [4.69, 9.17) is 11.6 Å². The van der Waals surface area contributed by atoms with Crippen LogP contribution in [0.1, 0.15) is 34.3 Å². The molecule has 0 atom stereocenters. The predicted molar refractivity (Wildman–Crippen MR) is 147 cm³/mol. The van der Waals surface area contributed by atoms with Crippen molar-refractivity contribution in [2.45, 2.75) is 32.0 Å². The number of anilines is 1. The Balaban J connectivity index is 1.08. The van der Waals surface area contributed by atoms with Gasteiger partial charge in [-0.25, -0.2) is 9.37 Å². The fraction of sp³-hybridized carbons (Fsp3) is 0.379. The highest BCUT2D eigenvalue weighted by atomic mass is 35.5. The number of aromatic nitrogens is 1. The Labute approximate surface area is 227 Å². The highest BCUT2D eigenvalue weighted by molar-refractivity contribution is 6.33. The summed E-state index contributed by atoms with van der Waals surface area (Å²) in [4.78, 5) is 24.2. The van der Waals surface area contributed by atoms with Gasteiger partial charge in [0.15, 0.2) is 11.6 Å². The molecule has 0 bridgehead atoms. The molecule has 0 aliphatic carbocycles. The van der Waals surface area contributed by atoms with Gasteiger partial charge < -0.3 is 15.3 Å². The Kier molecular flexibility index (Phi) is 8.42. The number of pyridine rings is 1. The smallest absolute Gasteiger partial charge is 0.253 e. The van der Waals surface area contributed by atoms with Crippen LogP contribution in [0, 0.1) is 5.82 Å². The number of phenols is 1. The van der Waals surface area contributed by atoms with Gasteiger partial charge in [0, 0.05) is 51.5 Å². The molecule has 2 aliphatic heterocycles. The monoisotopic (exact) mass is 537 g/mol. The molecule has 2 N–H and O–H groups in total. The second-order valence-electron chi connectivity index (χ2n) is 10.0. The molecular formula is C29H33ClFN5O2. The summed E-state index contributed by atoms with van der Waals surface area (Å²) in [6, 6.07) is 16.6. The molecule has 3 aromatic rings. The normalized spacial score (nSPS) is 17.5. The van der Waals surface area contributed by atoms with Crippen LogP contribution in [0.2, 0.25) is 5.02 Å². The number of piperidine rings is 1. The van der Waals surface area contributed by atoms with Gasteiger partial charge in [0.2, 0.25) is 0 Å². The number of aromatic hydroxyl groups is 1. The van der Waals surface area contributed by atoms with Crippen molar-refractivity contribution >= 4 is 23.3 Å². The van der Waals surface area contributed by atoms with E-state index in [1.54, 1.807) is 18.3 Å². The lowest BCUT2D eigenvalue weighted by Gasteiger charge is -2.43. The van der Waals surface area contributed by atoms with Gasteiger partial charge in [0.25, 0.3) is 5.91 Å². The number of halogens is 2. The third-order valence-corrected chi connectivity index (χ3v) is 7.76. The molecular weight excluding hydrogens is 505 g/mol. The molecule has 9 heteroatoms. The van der Waals surface area contributed by atoms with Crippen LogP contribution in [0.5, 0.6) is 5.75 Å². The Morgan fingerprint density at radius 3 is 2.42 bits per heavy atom. The number of amides is 1. The average molecular weight is 538 g/mol. The molecule has 1 aromatic heterocycles. The molecule has 0 saturated carbocycles. The Bertz CT molecular complexity index is 1240. The molecule has 2 saturated heterocycles. The molecule has 200 valence electrons. The van der Waals surface area contributed by atoms with E-state index >= 15 is 0 Å². The van der Waals surface area contributed by atoms with Crippen LogP contribution in [0.4, 0.5) is 10.2 Å². The van der Waals surface area contributed by atoms with Crippen LogP contribution >= 0.6 is 11.6 Å². The molecule has 1 amide bonds. The zero-order chi connectivity index (χ0) is 26.5. The first-order valence-electron chi connectivity index (χ1n) is 13.1. The number of phenolic OH excluding ortho intramolecular Hbond substituents is 1. The first-order valence-corrected chi connectivity index (χ1v) is 13.5. The second kappa shape index (κ2) is 12.1. The quantitative estimate of drug-likeness (QED) is 0.468. The third kappa shape index (κ3) is 6.43. The molecule has 0 radical (unpaired) electrons. The zero-order valence-corrected chi connectivity index (χ0v) is 22.1. The molecule has 0 unspecified atom stereocenters. The van der Waals surface area contributed by atoms with Crippen molar-refractivity contribution in [3.63, 3.8) is 0 Å². The van der Waals surface area contributed by atoms with Gasteiger partial charge in [-0.15, -0.1) is 0 Å². The predicted octanol–water partition coefficient (Wildman–Crippen LogP) is 4.30. The highest BCUT2D eigenvalue weighted by Crippen LogP contribution is 2.27. The van der Waals surface area contributed by atoms with E-state index in [-0.39, 0.29) is 11.7 Å². The number of nitrogens with one attached hydrogen (secondary N) is 1. The van der Waals surface area contributed by atoms with Gasteiger partial charge in [-0.2, -0.15) is 0 Å². The molecule has 5 rings (SSSR count). The summed E-state index contributed by atoms with van der Waals surface area (Å²) in [7, 11) is 0. The lowest BCUT2D eigenvalue weighted by molar-refractivity contribution is 0.0950. The van der Waals surface area contributed by atoms with Crippen LogP contribution in [0.25, 0.3) is 0 Å². The van der Waals surface area contributed by atoms with Crippen molar-refractivity contribution < 1.29 is 14.3 Å². The minimum Gasteiger partial charge on any atom is -0.505 e. The van der Waals surface area contributed by atoms with Crippen molar-refractivity contribution in [3.8, 4) is 5.75 Å². The zero-order valence-electron chi connectivity index (χ0n) is 21.3. The number of hydrogen-bond donors (Lipinski definition) is 2. The van der Waals surface area contributed by atoms with Crippen LogP contribution < -0.4 is 10.2 Å². The molecule has 38 heavy (non-hydrogen) atoms. The summed E-state index contributed by atoms with van der Waals surface area (Å²) in [5, 5.41) is 12.8. The molecule has 0 spiro atoms. The number of nitrogens with zero attached hydrogens (tertiary/aromatic N) is 4. The van der Waals surface area contributed by atoms with Crippen LogP contribution in [-0.2, 0) is 13.1 Å². The fourth-order valence-electron chi connectivity index (χ4n) is 5.32. The number of hydrogen-bond acceptors (Lipinski definition) is 6. The highest BCUT2D eigenvalue weighted by Gasteiger charge is 2.28. The summed E-state index contributed by atoms with van der Waals surface area (Å²) in [6.45, 7) is 6.62. The van der Waals surface area contributed by atoms with Gasteiger partial charge in [-0.1, -0.05) is 48.0 Å². The third-order valence-electron chi connectivity index (χ3n) is 7.49. The lowest BCUT2D eigenvalue weighted by Crippen LogP contribution is -2.53. The van der Waals surface area contributed by atoms with Crippen LogP contribution in [0.3, 0.4) is 0 Å². The first kappa shape index (κ1) is 26.4. The maximum atomic E-state index is 13.7. The number of benzene rings is 2. The van der Waals surface area contributed by atoms with Crippen molar-refractivity contribution in [3.05, 3.63) is 88.3 Å². The molecule has 3 heterocycles. The standard InChI is InChI=1S/C29H33ClFN5O2/c30-25-17-23(29(38)33-18-21-4-2-1-3-5-21)19-32-28(25)36-14-12-35(13-15-36)24-8-10-34(11-9-24)20-22-6-7-27(37)26(31)16-22/h1-7,16-17,19,24,37H,8-15,18,20H2,(H,33,38). The first-order chi connectivity index (χ1) is 18.5. The average Bonchev–Trinajstić information content (AvgIpc) is 2.95. The fourth-order valence-corrected chi connectivity index (χ4v) is 5.60. The van der Waals surface area contributed by atoms with E-state index < -0.39 is 5.82 Å². The van der Waals surface area contributed by atoms with Gasteiger partial charge >= 0.3 is 0 Å². The number of carbonyl (C=O) groups is 1. The molecule has 7 nitrogen and oxygen atoms in total. The lowest BCUT2D eigenvalue weighted by atomic mass is 10.0. The van der Waals surface area contributed by atoms with Crippen LogP contribution in [-0.4, -0.2) is 71.1 Å². The SMILES string of the molecule is O=C(NCc1ccccc1)c1cnc(N2CCN(C3CCN(Cc4ccc(O)c(F)c4)CC3)CC2)c(Cl)c1. The molecule has 2 aliphatic rings. The van der Waals surface area contributed by atoms with Gasteiger partial charge in [-0.3, -0.25) is 14.6 Å². The van der Waals surface area contributed by atoms with Crippen molar-refractivity contribution in [1.82, 2.24) is 20.1 Å². The molecule has 2 fully saturated rings. The number of carbonyl (C=O) groups excluding carboxylic acids is 1. The summed E-state index contributed by atoms with van der Waals surface area (Å²) >= 11 is 6.57. The minimum atomic E-state index is -0.564. The summed E-state index contributed by atoms with van der Waals surface area (Å²) in [5.41, 5.74) is 2.37. The van der Waals surface area contributed by atoms with Gasteiger partial charge in [0.1, 0.15) is 5.82 Å². The van der Waals surface area contributed by atoms with E-state index in [1.807, 2.05) is 30.3 Å². The summed E-state index contributed by atoms with van der Waals surface area (Å²) in [6.07, 6.45) is 3.75. The Morgan fingerprint density at radius 1 is 1.00 bits per heavy atom. The van der Waals surface area contributed by atoms with E-state index in [0.29, 0.717) is 29.7 Å². The maximum absolute atomic E-state index is 13.7. The van der Waals surface area contributed by atoms with Crippen molar-refractivity contribution in [2.24, 2.45) is 0 Å². The van der Waals surface area contributed by atoms with Gasteiger partial charge in [-0.05, 0) is 55.3 Å². The van der Waals surface area contributed by atoms with E-state index in [0.717, 1.165) is 69.1 Å². The van der Waals surface area contributed by atoms with Crippen LogP contribution in [0.15, 0.2) is 60.8 Å². The minimum absolute atomic E-state index is 0.193. The second-order valence-corrected chi connectivity index (χ2v) is 10.4. The van der Waals surface area contributed by atoms with Gasteiger partial charge in [0.05, 0.1) is 10.6 Å². The van der Waals surface area contributed by atoms with E-state index in [1.165, 1.54) is 12.1 Å². The Hall–Kier alpha value is -3.20. The van der Waals surface area contributed by atoms with E-state index in [9.17, 15) is 14.3 Å². The maximum Gasteiger partial charge on any atom is 0.253 e. The van der Waals surface area contributed by atoms with Crippen molar-refractivity contribution in [1.29, 1.82) is 0 Å². The Morgan fingerprint density at radius 2 is 1.74 bits per heavy atom. The summed E-state index contributed by atoms with van der Waals surface area (Å²) in [5.74, 6) is -0.336. The van der Waals surface area contributed by atoms with Crippen molar-refractivity contribution in [2.75, 3.05) is 44.2 Å². The largest absolute Gasteiger partial charge is 0.505 e. The topological polar surface area (TPSA) is 71.9 Å². The number of piperazine rings is 1. The number of rotatable bonds is 7.